The average Bonchev–Trinajstić information content (AvgIpc) is 3.12. The van der Waals surface area contributed by atoms with Gasteiger partial charge in [-0.15, -0.1) is 11.3 Å². The molecule has 0 aromatic carbocycles. The quantitative estimate of drug-likeness (QED) is 0.793. The predicted octanol–water partition coefficient (Wildman–Crippen LogP) is 2.43. The Bertz CT molecular complexity index is 619. The summed E-state index contributed by atoms with van der Waals surface area (Å²) in [6.45, 7) is 3.52. The molecule has 0 saturated carbocycles. The molecule has 0 spiro atoms. The number of rotatable bonds is 5. The first-order valence-corrected chi connectivity index (χ1v) is 7.29. The minimum absolute atomic E-state index is 0.117. The van der Waals surface area contributed by atoms with Crippen LogP contribution >= 0.6 is 11.3 Å². The van der Waals surface area contributed by atoms with Gasteiger partial charge in [0.05, 0.1) is 12.0 Å². The van der Waals surface area contributed by atoms with Crippen LogP contribution in [-0.2, 0) is 9.53 Å². The van der Waals surface area contributed by atoms with Gasteiger partial charge in [0.2, 0.25) is 0 Å². The number of ether oxygens (including phenoxy) is 1. The Morgan fingerprint density at radius 2 is 2.24 bits per heavy atom. The highest BCUT2D eigenvalue weighted by molar-refractivity contribution is 7.13. The Kier molecular flexibility index (Phi) is 4.74. The molecule has 0 bridgehead atoms. The molecule has 7 heteroatoms. The minimum Gasteiger partial charge on any atom is -0.468 e. The highest BCUT2D eigenvalue weighted by Gasteiger charge is 2.25. The number of aromatic nitrogens is 1. The van der Waals surface area contributed by atoms with Crippen LogP contribution in [0.1, 0.15) is 24.3 Å². The van der Waals surface area contributed by atoms with Crippen LogP contribution in [0, 0.1) is 0 Å². The number of thiophene rings is 1. The number of methoxy groups -OCH3 is 1. The second-order valence-electron chi connectivity index (χ2n) is 4.66. The lowest BCUT2D eigenvalue weighted by molar-refractivity contribution is -0.141. The number of amides is 1. The molecule has 0 aliphatic rings. The summed E-state index contributed by atoms with van der Waals surface area (Å²) < 4.78 is 9.79. The third-order valence-corrected chi connectivity index (χ3v) is 3.79. The lowest BCUT2D eigenvalue weighted by Gasteiger charge is -2.24. The molecule has 0 aliphatic heterocycles. The normalized spacial score (nSPS) is 10.7. The van der Waals surface area contributed by atoms with E-state index in [2.05, 4.69) is 9.89 Å². The maximum atomic E-state index is 12.4. The molecule has 0 radical (unpaired) electrons. The van der Waals surface area contributed by atoms with E-state index in [4.69, 9.17) is 4.52 Å². The minimum atomic E-state index is -0.473. The molecule has 0 unspecified atom stereocenters. The number of carbonyl (C=O) groups is 2. The highest BCUT2D eigenvalue weighted by Crippen LogP contribution is 2.25. The Morgan fingerprint density at radius 3 is 2.81 bits per heavy atom. The Balaban J connectivity index is 2.19. The van der Waals surface area contributed by atoms with Gasteiger partial charge in [-0.25, -0.2) is 0 Å². The lowest BCUT2D eigenvalue weighted by atomic mass is 10.2. The third-order valence-electron chi connectivity index (χ3n) is 2.90. The van der Waals surface area contributed by atoms with Gasteiger partial charge in [-0.1, -0.05) is 11.2 Å². The smallest absolute Gasteiger partial charge is 0.325 e. The number of nitrogens with zero attached hydrogens (tertiary/aromatic N) is 2. The third kappa shape index (κ3) is 3.49. The summed E-state index contributed by atoms with van der Waals surface area (Å²) in [6, 6.07) is 5.20. The van der Waals surface area contributed by atoms with E-state index in [0.29, 0.717) is 5.76 Å². The molecule has 21 heavy (non-hydrogen) atoms. The van der Waals surface area contributed by atoms with Crippen LogP contribution in [0.25, 0.3) is 10.6 Å². The summed E-state index contributed by atoms with van der Waals surface area (Å²) >= 11 is 1.50. The Hall–Kier alpha value is -2.15. The van der Waals surface area contributed by atoms with E-state index in [1.807, 2.05) is 31.4 Å². The van der Waals surface area contributed by atoms with Gasteiger partial charge in [0.15, 0.2) is 11.5 Å². The zero-order chi connectivity index (χ0) is 15.4. The van der Waals surface area contributed by atoms with Gasteiger partial charge in [-0.3, -0.25) is 9.59 Å². The van der Waals surface area contributed by atoms with Crippen molar-refractivity contribution in [3.8, 4) is 10.6 Å². The molecule has 2 aromatic rings. The largest absolute Gasteiger partial charge is 0.468 e. The van der Waals surface area contributed by atoms with Gasteiger partial charge in [0.25, 0.3) is 5.91 Å². The second kappa shape index (κ2) is 6.53. The van der Waals surface area contributed by atoms with E-state index < -0.39 is 5.97 Å². The molecule has 0 atom stereocenters. The molecular weight excluding hydrogens is 292 g/mol. The molecule has 112 valence electrons. The van der Waals surface area contributed by atoms with Gasteiger partial charge >= 0.3 is 5.97 Å². The summed E-state index contributed by atoms with van der Waals surface area (Å²) in [5, 5.41) is 5.71. The highest BCUT2D eigenvalue weighted by atomic mass is 32.1. The van der Waals surface area contributed by atoms with Gasteiger partial charge in [0, 0.05) is 12.1 Å². The van der Waals surface area contributed by atoms with Crippen molar-refractivity contribution in [1.82, 2.24) is 10.1 Å². The molecule has 0 N–H and O–H groups in total. The van der Waals surface area contributed by atoms with Crippen LogP contribution in [0.2, 0.25) is 0 Å². The fraction of sp³-hybridized carbons (Fsp3) is 0.357. The number of hydrogen-bond donors (Lipinski definition) is 0. The van der Waals surface area contributed by atoms with E-state index in [1.165, 1.54) is 23.3 Å². The van der Waals surface area contributed by atoms with Crippen LogP contribution in [0.3, 0.4) is 0 Å². The molecule has 2 rings (SSSR count). The first-order valence-electron chi connectivity index (χ1n) is 6.41. The molecule has 0 saturated heterocycles. The summed E-state index contributed by atoms with van der Waals surface area (Å²) in [5.41, 5.74) is 0.177. The fourth-order valence-electron chi connectivity index (χ4n) is 1.75. The van der Waals surface area contributed by atoms with Crippen molar-refractivity contribution in [1.29, 1.82) is 0 Å². The first kappa shape index (κ1) is 15.2. The molecular formula is C14H16N2O4S. The topological polar surface area (TPSA) is 72.6 Å². The number of hydrogen-bond acceptors (Lipinski definition) is 6. The molecule has 6 nitrogen and oxygen atoms in total. The molecule has 0 aliphatic carbocycles. The Labute approximate surface area is 126 Å². The van der Waals surface area contributed by atoms with Crippen LogP contribution < -0.4 is 0 Å². The van der Waals surface area contributed by atoms with Crippen molar-refractivity contribution in [3.63, 3.8) is 0 Å². The predicted molar refractivity (Wildman–Crippen MR) is 78.0 cm³/mol. The van der Waals surface area contributed by atoms with Gasteiger partial charge in [-0.2, -0.15) is 0 Å². The van der Waals surface area contributed by atoms with E-state index in [1.54, 1.807) is 6.07 Å². The molecule has 2 aromatic heterocycles. The second-order valence-corrected chi connectivity index (χ2v) is 5.60. The number of carbonyl (C=O) groups excluding carboxylic acids is 2. The van der Waals surface area contributed by atoms with E-state index in [9.17, 15) is 9.59 Å². The van der Waals surface area contributed by atoms with Crippen molar-refractivity contribution in [2.75, 3.05) is 13.7 Å². The van der Waals surface area contributed by atoms with Crippen LogP contribution in [0.15, 0.2) is 28.1 Å². The SMILES string of the molecule is COC(=O)CN(C(=O)c1cc(-c2cccs2)on1)C(C)C. The lowest BCUT2D eigenvalue weighted by Crippen LogP contribution is -2.41. The molecule has 1 amide bonds. The van der Waals surface area contributed by atoms with Gasteiger partial charge < -0.3 is 14.2 Å². The zero-order valence-corrected chi connectivity index (χ0v) is 12.8. The number of esters is 1. The van der Waals surface area contributed by atoms with Gasteiger partial charge in [-0.05, 0) is 25.3 Å². The van der Waals surface area contributed by atoms with Crippen molar-refractivity contribution < 1.29 is 18.8 Å². The van der Waals surface area contributed by atoms with E-state index in [0.717, 1.165) is 4.88 Å². The summed E-state index contributed by atoms with van der Waals surface area (Å²) in [7, 11) is 1.29. The Morgan fingerprint density at radius 1 is 1.48 bits per heavy atom. The van der Waals surface area contributed by atoms with Crippen LogP contribution in [0.5, 0.6) is 0 Å². The standard InChI is InChI=1S/C14H16N2O4S/c1-9(2)16(8-13(17)19-3)14(18)10-7-11(20-15-10)12-5-4-6-21-12/h4-7,9H,8H2,1-3H3. The maximum absolute atomic E-state index is 12.4. The van der Waals surface area contributed by atoms with Crippen molar-refractivity contribution in [2.45, 2.75) is 19.9 Å². The van der Waals surface area contributed by atoms with E-state index in [-0.39, 0.29) is 24.2 Å². The first-order chi connectivity index (χ1) is 10.0. The van der Waals surface area contributed by atoms with Crippen LogP contribution in [0.4, 0.5) is 0 Å². The van der Waals surface area contributed by atoms with Crippen molar-refractivity contribution in [3.05, 3.63) is 29.3 Å². The molecule has 0 fully saturated rings. The van der Waals surface area contributed by atoms with Gasteiger partial charge in [0.1, 0.15) is 6.54 Å². The summed E-state index contributed by atoms with van der Waals surface area (Å²) in [5.74, 6) is -0.295. The zero-order valence-electron chi connectivity index (χ0n) is 12.0. The van der Waals surface area contributed by atoms with E-state index >= 15 is 0 Å². The average molecular weight is 308 g/mol. The summed E-state index contributed by atoms with van der Waals surface area (Å²) in [4.78, 5) is 26.1. The van der Waals surface area contributed by atoms with Crippen molar-refractivity contribution in [2.24, 2.45) is 0 Å². The van der Waals surface area contributed by atoms with Crippen LogP contribution in [-0.4, -0.2) is 41.6 Å². The van der Waals surface area contributed by atoms with Crippen molar-refractivity contribution >= 4 is 23.2 Å². The summed E-state index contributed by atoms with van der Waals surface area (Å²) in [6.07, 6.45) is 0. The molecule has 2 heterocycles. The maximum Gasteiger partial charge on any atom is 0.325 e. The monoisotopic (exact) mass is 308 g/mol. The fourth-order valence-corrected chi connectivity index (χ4v) is 2.42.